The van der Waals surface area contributed by atoms with Crippen molar-refractivity contribution in [3.05, 3.63) is 62.9 Å². The Morgan fingerprint density at radius 1 is 1.10 bits per heavy atom. The lowest BCUT2D eigenvalue weighted by Gasteiger charge is -1.99. The number of thiazole rings is 1. The Morgan fingerprint density at radius 3 is 2.70 bits per heavy atom. The Kier molecular flexibility index (Phi) is 4.47. The smallest absolute Gasteiger partial charge is 0.107 e. The van der Waals surface area contributed by atoms with Crippen molar-refractivity contribution in [2.75, 3.05) is 0 Å². The van der Waals surface area contributed by atoms with E-state index >= 15 is 0 Å². The molecular formula is C15H13ClN2S2. The predicted molar refractivity (Wildman–Crippen MR) is 87.4 cm³/mol. The van der Waals surface area contributed by atoms with Crippen LogP contribution in [-0.4, -0.2) is 4.98 Å². The maximum absolute atomic E-state index is 5.90. The number of thiophene rings is 1. The van der Waals surface area contributed by atoms with Crippen LogP contribution >= 0.6 is 34.3 Å². The molecule has 0 spiro atoms. The molecule has 1 aromatic carbocycles. The molecule has 0 unspecified atom stereocenters. The Balaban J connectivity index is 1.60. The van der Waals surface area contributed by atoms with Gasteiger partial charge in [0, 0.05) is 29.2 Å². The van der Waals surface area contributed by atoms with Crippen LogP contribution in [0.1, 0.15) is 9.88 Å². The van der Waals surface area contributed by atoms with Gasteiger partial charge < -0.3 is 5.32 Å². The molecule has 1 N–H and O–H groups in total. The fraction of sp³-hybridized carbons (Fsp3) is 0.133. The first-order valence-electron chi connectivity index (χ1n) is 6.25. The summed E-state index contributed by atoms with van der Waals surface area (Å²) in [7, 11) is 0. The summed E-state index contributed by atoms with van der Waals surface area (Å²) in [5.74, 6) is 0. The van der Waals surface area contributed by atoms with Crippen LogP contribution in [0.4, 0.5) is 0 Å². The third kappa shape index (κ3) is 3.46. The summed E-state index contributed by atoms with van der Waals surface area (Å²) in [4.78, 5) is 6.98. The van der Waals surface area contributed by atoms with Crippen LogP contribution in [0.3, 0.4) is 0 Å². The van der Waals surface area contributed by atoms with Gasteiger partial charge in [0.05, 0.1) is 4.88 Å². The average Bonchev–Trinajstić information content (AvgIpc) is 3.11. The zero-order valence-electron chi connectivity index (χ0n) is 10.7. The molecule has 2 aromatic heterocycles. The minimum Gasteiger partial charge on any atom is -0.306 e. The lowest BCUT2D eigenvalue weighted by molar-refractivity contribution is 0.697. The molecule has 2 nitrogen and oxygen atoms in total. The number of benzene rings is 1. The summed E-state index contributed by atoms with van der Waals surface area (Å²) in [6.07, 6.45) is 1.93. The van der Waals surface area contributed by atoms with Crippen LogP contribution in [0.2, 0.25) is 5.02 Å². The highest BCUT2D eigenvalue weighted by Crippen LogP contribution is 2.27. The van der Waals surface area contributed by atoms with E-state index in [1.807, 2.05) is 30.5 Å². The number of rotatable bonds is 5. The van der Waals surface area contributed by atoms with Gasteiger partial charge in [0.15, 0.2) is 0 Å². The van der Waals surface area contributed by atoms with E-state index in [1.54, 1.807) is 22.7 Å². The molecule has 0 saturated heterocycles. The van der Waals surface area contributed by atoms with Gasteiger partial charge in [0.1, 0.15) is 5.01 Å². The molecule has 0 atom stereocenters. The fourth-order valence-corrected chi connectivity index (χ4v) is 3.54. The van der Waals surface area contributed by atoms with Gasteiger partial charge in [-0.05, 0) is 29.1 Å². The molecule has 0 aliphatic carbocycles. The van der Waals surface area contributed by atoms with E-state index in [0.29, 0.717) is 0 Å². The van der Waals surface area contributed by atoms with Gasteiger partial charge in [-0.15, -0.1) is 22.7 Å². The van der Waals surface area contributed by atoms with Gasteiger partial charge in [-0.25, -0.2) is 4.98 Å². The lowest BCUT2D eigenvalue weighted by atomic mass is 10.2. The van der Waals surface area contributed by atoms with Crippen molar-refractivity contribution in [2.45, 2.75) is 13.1 Å². The van der Waals surface area contributed by atoms with Crippen molar-refractivity contribution in [1.82, 2.24) is 10.3 Å². The van der Waals surface area contributed by atoms with E-state index < -0.39 is 0 Å². The SMILES string of the molecule is Clc1ccc(-c2cnc(CNCc3cccs3)s2)cc1. The third-order valence-electron chi connectivity index (χ3n) is 2.84. The van der Waals surface area contributed by atoms with Crippen molar-refractivity contribution < 1.29 is 0 Å². The standard InChI is InChI=1S/C15H13ClN2S2/c16-12-5-3-11(4-6-12)14-9-18-15(20-14)10-17-8-13-2-1-7-19-13/h1-7,9,17H,8,10H2. The highest BCUT2D eigenvalue weighted by molar-refractivity contribution is 7.15. The van der Waals surface area contributed by atoms with Crippen LogP contribution in [-0.2, 0) is 13.1 Å². The van der Waals surface area contributed by atoms with Crippen LogP contribution in [0, 0.1) is 0 Å². The van der Waals surface area contributed by atoms with Crippen LogP contribution < -0.4 is 5.32 Å². The van der Waals surface area contributed by atoms with E-state index in [9.17, 15) is 0 Å². The summed E-state index contributed by atoms with van der Waals surface area (Å²) in [5, 5.41) is 7.38. The Hall–Kier alpha value is -1.20. The average molecular weight is 321 g/mol. The van der Waals surface area contributed by atoms with Crippen LogP contribution in [0.5, 0.6) is 0 Å². The largest absolute Gasteiger partial charge is 0.306 e. The van der Waals surface area contributed by atoms with Crippen molar-refractivity contribution in [3.63, 3.8) is 0 Å². The summed E-state index contributed by atoms with van der Waals surface area (Å²) in [6.45, 7) is 1.70. The molecule has 3 aromatic rings. The summed E-state index contributed by atoms with van der Waals surface area (Å²) in [6, 6.07) is 12.1. The zero-order chi connectivity index (χ0) is 13.8. The Morgan fingerprint density at radius 2 is 1.95 bits per heavy atom. The summed E-state index contributed by atoms with van der Waals surface area (Å²) in [5.41, 5.74) is 1.16. The fourth-order valence-electron chi connectivity index (χ4n) is 1.85. The molecule has 0 aliphatic heterocycles. The second kappa shape index (κ2) is 6.50. The van der Waals surface area contributed by atoms with Crippen LogP contribution in [0.15, 0.2) is 48.0 Å². The molecule has 0 aliphatic rings. The summed E-state index contributed by atoms with van der Waals surface area (Å²) < 4.78 is 0. The molecule has 0 radical (unpaired) electrons. The van der Waals surface area contributed by atoms with Gasteiger partial charge in [-0.2, -0.15) is 0 Å². The first-order chi connectivity index (χ1) is 9.81. The lowest BCUT2D eigenvalue weighted by Crippen LogP contribution is -2.11. The second-order valence-corrected chi connectivity index (χ2v) is 6.89. The predicted octanol–water partition coefficient (Wildman–Crippen LogP) is 4.81. The highest BCUT2D eigenvalue weighted by Gasteiger charge is 2.04. The minimum atomic E-state index is 0.760. The Labute approximate surface area is 131 Å². The quantitative estimate of drug-likeness (QED) is 0.729. The van der Waals surface area contributed by atoms with E-state index in [4.69, 9.17) is 11.6 Å². The number of nitrogens with zero attached hydrogens (tertiary/aromatic N) is 1. The minimum absolute atomic E-state index is 0.760. The van der Waals surface area contributed by atoms with E-state index in [-0.39, 0.29) is 0 Å². The van der Waals surface area contributed by atoms with E-state index in [1.165, 1.54) is 9.75 Å². The van der Waals surface area contributed by atoms with Gasteiger partial charge in [0.2, 0.25) is 0 Å². The maximum Gasteiger partial charge on any atom is 0.107 e. The second-order valence-electron chi connectivity index (χ2n) is 4.31. The molecule has 5 heteroatoms. The molecule has 20 heavy (non-hydrogen) atoms. The highest BCUT2D eigenvalue weighted by atomic mass is 35.5. The van der Waals surface area contributed by atoms with E-state index in [0.717, 1.165) is 28.7 Å². The Bertz CT molecular complexity index is 660. The third-order valence-corrected chi connectivity index (χ3v) is 5.01. The molecule has 0 fully saturated rings. The zero-order valence-corrected chi connectivity index (χ0v) is 13.1. The number of halogens is 1. The molecule has 0 bridgehead atoms. The number of aromatic nitrogens is 1. The monoisotopic (exact) mass is 320 g/mol. The number of hydrogen-bond donors (Lipinski definition) is 1. The van der Waals surface area contributed by atoms with Crippen molar-refractivity contribution >= 4 is 34.3 Å². The van der Waals surface area contributed by atoms with Gasteiger partial charge in [-0.1, -0.05) is 29.8 Å². The number of hydrogen-bond acceptors (Lipinski definition) is 4. The van der Waals surface area contributed by atoms with Crippen LogP contribution in [0.25, 0.3) is 10.4 Å². The maximum atomic E-state index is 5.90. The van der Waals surface area contributed by atoms with Crippen molar-refractivity contribution in [2.24, 2.45) is 0 Å². The van der Waals surface area contributed by atoms with Crippen molar-refractivity contribution in [1.29, 1.82) is 0 Å². The van der Waals surface area contributed by atoms with E-state index in [2.05, 4.69) is 27.8 Å². The first-order valence-corrected chi connectivity index (χ1v) is 8.32. The summed E-state index contributed by atoms with van der Waals surface area (Å²) >= 11 is 9.39. The van der Waals surface area contributed by atoms with Gasteiger partial charge in [-0.3, -0.25) is 0 Å². The van der Waals surface area contributed by atoms with Gasteiger partial charge >= 0.3 is 0 Å². The molecule has 3 rings (SSSR count). The molecule has 102 valence electrons. The molecule has 2 heterocycles. The number of nitrogens with one attached hydrogen (secondary N) is 1. The molecule has 0 amide bonds. The molecule has 0 saturated carbocycles. The molecular weight excluding hydrogens is 308 g/mol. The van der Waals surface area contributed by atoms with Crippen molar-refractivity contribution in [3.8, 4) is 10.4 Å². The van der Waals surface area contributed by atoms with Gasteiger partial charge in [0.25, 0.3) is 0 Å². The normalized spacial score (nSPS) is 10.8. The topological polar surface area (TPSA) is 24.9 Å². The first kappa shape index (κ1) is 13.8.